The number of amides is 1. The lowest BCUT2D eigenvalue weighted by molar-refractivity contribution is -0.148. The van der Waals surface area contributed by atoms with Crippen molar-refractivity contribution in [1.82, 2.24) is 4.90 Å². The highest BCUT2D eigenvalue weighted by molar-refractivity contribution is 5.78. The summed E-state index contributed by atoms with van der Waals surface area (Å²) in [5.41, 5.74) is 6.08. The Morgan fingerprint density at radius 2 is 2.24 bits per heavy atom. The number of hydrogen-bond acceptors (Lipinski definition) is 3. The van der Waals surface area contributed by atoms with Gasteiger partial charge in [-0.2, -0.15) is 0 Å². The first-order valence-electron chi connectivity index (χ1n) is 5.53. The van der Waals surface area contributed by atoms with Crippen molar-refractivity contribution in [3.05, 3.63) is 35.6 Å². The molecule has 92 valence electrons. The number of halogens is 1. The van der Waals surface area contributed by atoms with E-state index >= 15 is 0 Å². The number of ether oxygens (including phenoxy) is 1. The minimum atomic E-state index is -0.303. The normalized spacial score (nSPS) is 20.7. The first kappa shape index (κ1) is 12.0. The van der Waals surface area contributed by atoms with Gasteiger partial charge in [-0.3, -0.25) is 4.79 Å². The van der Waals surface area contributed by atoms with E-state index < -0.39 is 0 Å². The molecule has 5 heteroatoms. The van der Waals surface area contributed by atoms with Crippen LogP contribution in [-0.4, -0.2) is 36.6 Å². The number of carbonyl (C=O) groups excluding carboxylic acids is 1. The average Bonchev–Trinajstić information content (AvgIpc) is 2.34. The van der Waals surface area contributed by atoms with Gasteiger partial charge in [0.25, 0.3) is 0 Å². The van der Waals surface area contributed by atoms with Crippen molar-refractivity contribution >= 4 is 5.91 Å². The molecule has 1 heterocycles. The molecular formula is C12H15FN2O2. The monoisotopic (exact) mass is 238 g/mol. The molecule has 2 rings (SSSR count). The highest BCUT2D eigenvalue weighted by atomic mass is 19.1. The summed E-state index contributed by atoms with van der Waals surface area (Å²) in [7, 11) is 0. The van der Waals surface area contributed by atoms with Crippen LogP contribution in [0.3, 0.4) is 0 Å². The molecule has 1 aromatic rings. The minimum Gasteiger partial charge on any atom is -0.369 e. The van der Waals surface area contributed by atoms with Gasteiger partial charge in [0.05, 0.1) is 12.6 Å². The van der Waals surface area contributed by atoms with Crippen molar-refractivity contribution < 1.29 is 13.9 Å². The second-order valence-electron chi connectivity index (χ2n) is 4.02. The zero-order chi connectivity index (χ0) is 12.3. The molecule has 1 saturated heterocycles. The molecule has 0 radical (unpaired) electrons. The Morgan fingerprint density at radius 3 is 2.94 bits per heavy atom. The van der Waals surface area contributed by atoms with Gasteiger partial charge in [-0.15, -0.1) is 0 Å². The fraction of sp³-hybridized carbons (Fsp3) is 0.417. The summed E-state index contributed by atoms with van der Waals surface area (Å²) < 4.78 is 18.6. The van der Waals surface area contributed by atoms with Crippen molar-refractivity contribution in [3.8, 4) is 0 Å². The lowest BCUT2D eigenvalue weighted by Crippen LogP contribution is -2.52. The van der Waals surface area contributed by atoms with Crippen molar-refractivity contribution in [1.29, 1.82) is 0 Å². The first-order chi connectivity index (χ1) is 8.22. The number of hydrogen-bond donors (Lipinski definition) is 1. The van der Waals surface area contributed by atoms with Crippen LogP contribution in [0.4, 0.5) is 4.39 Å². The molecule has 1 amide bonds. The van der Waals surface area contributed by atoms with Crippen molar-refractivity contribution in [3.63, 3.8) is 0 Å². The van der Waals surface area contributed by atoms with Crippen LogP contribution in [0.2, 0.25) is 0 Å². The van der Waals surface area contributed by atoms with Crippen LogP contribution in [0.1, 0.15) is 5.56 Å². The SMILES string of the molecule is NCC1COCC(=O)N1Cc1ccccc1F. The molecule has 0 spiro atoms. The maximum Gasteiger partial charge on any atom is 0.249 e. The summed E-state index contributed by atoms with van der Waals surface area (Å²) in [6.07, 6.45) is 0. The second-order valence-corrected chi connectivity index (χ2v) is 4.02. The van der Waals surface area contributed by atoms with Gasteiger partial charge in [0.1, 0.15) is 12.4 Å². The van der Waals surface area contributed by atoms with E-state index in [2.05, 4.69) is 0 Å². The van der Waals surface area contributed by atoms with Crippen molar-refractivity contribution in [2.75, 3.05) is 19.8 Å². The van der Waals surface area contributed by atoms with Crippen LogP contribution in [0, 0.1) is 5.82 Å². The minimum absolute atomic E-state index is 0.0466. The van der Waals surface area contributed by atoms with Gasteiger partial charge in [-0.05, 0) is 6.07 Å². The fourth-order valence-electron chi connectivity index (χ4n) is 1.88. The Labute approximate surface area is 99.2 Å². The van der Waals surface area contributed by atoms with E-state index in [1.54, 1.807) is 23.1 Å². The Kier molecular flexibility index (Phi) is 3.71. The number of nitrogens with two attached hydrogens (primary N) is 1. The first-order valence-corrected chi connectivity index (χ1v) is 5.53. The van der Waals surface area contributed by atoms with Crippen LogP contribution in [0.25, 0.3) is 0 Å². The number of benzene rings is 1. The summed E-state index contributed by atoms with van der Waals surface area (Å²) >= 11 is 0. The molecular weight excluding hydrogens is 223 g/mol. The van der Waals surface area contributed by atoms with Crippen molar-refractivity contribution in [2.24, 2.45) is 5.73 Å². The molecule has 0 saturated carbocycles. The molecule has 1 aliphatic rings. The van der Waals surface area contributed by atoms with Gasteiger partial charge < -0.3 is 15.4 Å². The Balaban J connectivity index is 2.15. The average molecular weight is 238 g/mol. The number of rotatable bonds is 3. The quantitative estimate of drug-likeness (QED) is 0.835. The summed E-state index contributed by atoms with van der Waals surface area (Å²) in [6, 6.07) is 6.26. The highest BCUT2D eigenvalue weighted by Gasteiger charge is 2.28. The molecule has 1 aromatic carbocycles. The van der Waals surface area contributed by atoms with Crippen LogP contribution in [-0.2, 0) is 16.1 Å². The molecule has 0 aliphatic carbocycles. The third-order valence-corrected chi connectivity index (χ3v) is 2.87. The van der Waals surface area contributed by atoms with E-state index in [1.807, 2.05) is 0 Å². The zero-order valence-corrected chi connectivity index (χ0v) is 9.43. The van der Waals surface area contributed by atoms with E-state index in [1.165, 1.54) is 6.07 Å². The molecule has 4 nitrogen and oxygen atoms in total. The number of carbonyl (C=O) groups is 1. The lowest BCUT2D eigenvalue weighted by Gasteiger charge is -2.34. The lowest BCUT2D eigenvalue weighted by atomic mass is 10.1. The molecule has 1 atom stereocenters. The van der Waals surface area contributed by atoms with Crippen LogP contribution in [0.5, 0.6) is 0 Å². The predicted octanol–water partition coefficient (Wildman–Crippen LogP) is 0.512. The largest absolute Gasteiger partial charge is 0.369 e. The second kappa shape index (κ2) is 5.25. The van der Waals surface area contributed by atoms with Crippen molar-refractivity contribution in [2.45, 2.75) is 12.6 Å². The molecule has 2 N–H and O–H groups in total. The molecule has 0 aromatic heterocycles. The standard InChI is InChI=1S/C12H15FN2O2/c13-11-4-2-1-3-9(11)6-15-10(5-14)7-17-8-12(15)16/h1-4,10H,5-8,14H2. The summed E-state index contributed by atoms with van der Waals surface area (Å²) in [4.78, 5) is 13.3. The van der Waals surface area contributed by atoms with Gasteiger partial charge in [-0.25, -0.2) is 4.39 Å². The highest BCUT2D eigenvalue weighted by Crippen LogP contribution is 2.15. The maximum atomic E-state index is 13.5. The fourth-order valence-corrected chi connectivity index (χ4v) is 1.88. The van der Waals surface area contributed by atoms with Gasteiger partial charge in [0.15, 0.2) is 0 Å². The molecule has 0 bridgehead atoms. The van der Waals surface area contributed by atoms with E-state index in [0.717, 1.165) is 0 Å². The molecule has 1 aliphatic heterocycles. The summed E-state index contributed by atoms with van der Waals surface area (Å²) in [5.74, 6) is -0.447. The summed E-state index contributed by atoms with van der Waals surface area (Å²) in [6.45, 7) is 1.03. The number of nitrogens with zero attached hydrogens (tertiary/aromatic N) is 1. The smallest absolute Gasteiger partial charge is 0.249 e. The third-order valence-electron chi connectivity index (χ3n) is 2.87. The van der Waals surface area contributed by atoms with E-state index in [0.29, 0.717) is 18.7 Å². The molecule has 1 fully saturated rings. The van der Waals surface area contributed by atoms with Crippen LogP contribution >= 0.6 is 0 Å². The Hall–Kier alpha value is -1.46. The van der Waals surface area contributed by atoms with Crippen LogP contribution < -0.4 is 5.73 Å². The predicted molar refractivity (Wildman–Crippen MR) is 60.6 cm³/mol. The molecule has 1 unspecified atom stereocenters. The van der Waals surface area contributed by atoms with Gasteiger partial charge in [0.2, 0.25) is 5.91 Å². The van der Waals surface area contributed by atoms with Gasteiger partial charge >= 0.3 is 0 Å². The maximum absolute atomic E-state index is 13.5. The van der Waals surface area contributed by atoms with E-state index in [-0.39, 0.29) is 30.9 Å². The summed E-state index contributed by atoms with van der Waals surface area (Å²) in [5, 5.41) is 0. The topological polar surface area (TPSA) is 55.6 Å². The Bertz CT molecular complexity index is 411. The van der Waals surface area contributed by atoms with Gasteiger partial charge in [0, 0.05) is 18.7 Å². The van der Waals surface area contributed by atoms with E-state index in [4.69, 9.17) is 10.5 Å². The Morgan fingerprint density at radius 1 is 1.47 bits per heavy atom. The third kappa shape index (κ3) is 2.62. The van der Waals surface area contributed by atoms with Crippen LogP contribution in [0.15, 0.2) is 24.3 Å². The van der Waals surface area contributed by atoms with E-state index in [9.17, 15) is 9.18 Å². The zero-order valence-electron chi connectivity index (χ0n) is 9.43. The molecule has 17 heavy (non-hydrogen) atoms. The number of morpholine rings is 1. The van der Waals surface area contributed by atoms with Gasteiger partial charge in [-0.1, -0.05) is 18.2 Å².